The number of anilines is 2. The number of nitrogens with zero attached hydrogens (tertiary/aromatic N) is 8. The first-order valence-corrected chi connectivity index (χ1v) is 25.0. The number of rotatable bonds is 9. The Balaban J connectivity index is 0.000000160. The van der Waals surface area contributed by atoms with Crippen molar-refractivity contribution >= 4 is 106 Å². The first-order valence-electron chi connectivity index (χ1n) is 22.3. The lowest BCUT2D eigenvalue weighted by molar-refractivity contribution is 0.0902. The monoisotopic (exact) mass is 1130 g/mol. The quantitative estimate of drug-likeness (QED) is 0.116. The van der Waals surface area contributed by atoms with Crippen LogP contribution in [0.2, 0.25) is 0 Å². The minimum atomic E-state index is 0. The average molecular weight is 1140 g/mol. The molecule has 2 aliphatic heterocycles. The molecule has 0 radical (unpaired) electrons. The van der Waals surface area contributed by atoms with Gasteiger partial charge in [-0.3, -0.25) is 9.13 Å². The van der Waals surface area contributed by atoms with Gasteiger partial charge in [0.05, 0.1) is 41.7 Å². The second kappa shape index (κ2) is 22.2. The Morgan fingerprint density at radius 1 is 0.600 bits per heavy atom. The van der Waals surface area contributed by atoms with Crippen LogP contribution in [0.3, 0.4) is 0 Å². The molecule has 0 aliphatic carbocycles. The number of fused-ring (bicyclic) bond motifs is 4. The fraction of sp³-hybridized carbons (Fsp3) is 0.240. The highest BCUT2D eigenvalue weighted by Crippen LogP contribution is 2.34. The van der Waals surface area contributed by atoms with Crippen LogP contribution >= 0.6 is 47.3 Å². The van der Waals surface area contributed by atoms with Crippen LogP contribution in [0.1, 0.15) is 33.1 Å². The largest absolute Gasteiger partial charge is 0.508 e. The smallest absolute Gasteiger partial charge is 0.369 e. The molecule has 16 nitrogen and oxygen atoms in total. The number of furan rings is 2. The molecule has 0 saturated carbocycles. The third-order valence-corrected chi connectivity index (χ3v) is 11.8. The predicted octanol–water partition coefficient (Wildman–Crippen LogP) is 12.1. The van der Waals surface area contributed by atoms with E-state index in [0.717, 1.165) is 125 Å². The summed E-state index contributed by atoms with van der Waals surface area (Å²) in [6.07, 6.45) is 10.6. The summed E-state index contributed by atoms with van der Waals surface area (Å²) in [6, 6.07) is 31.3. The summed E-state index contributed by atoms with van der Waals surface area (Å²) in [4.78, 5) is 28.3. The molecular weight excluding hydrogens is 1090 g/mol. The van der Waals surface area contributed by atoms with Crippen LogP contribution in [0.25, 0.3) is 78.4 Å². The van der Waals surface area contributed by atoms with Crippen molar-refractivity contribution in [1.82, 2.24) is 39.0 Å². The zero-order valence-electron chi connectivity index (χ0n) is 37.1. The Kier molecular flexibility index (Phi) is 15.4. The zero-order valence-corrected chi connectivity index (χ0v) is 41.9. The third-order valence-electron chi connectivity index (χ3n) is 11.8. The molecule has 8 heterocycles. The molecule has 10 aromatic rings. The molecule has 0 unspecified atom stereocenters. The van der Waals surface area contributed by atoms with E-state index in [1.807, 2.05) is 83.4 Å². The van der Waals surface area contributed by atoms with E-state index in [0.29, 0.717) is 35.3 Å². The number of imidazole rings is 2. The van der Waals surface area contributed by atoms with Crippen molar-refractivity contribution in [3.63, 3.8) is 0 Å². The Hall–Kier alpha value is -6.32. The lowest BCUT2D eigenvalue weighted by Gasteiger charge is -2.23. The second-order valence-corrected chi connectivity index (χ2v) is 22.6. The number of hydrogen-bond acceptors (Lipinski definition) is 14. The van der Waals surface area contributed by atoms with E-state index in [-0.39, 0.29) is 16.4 Å². The zero-order chi connectivity index (χ0) is 47.3. The van der Waals surface area contributed by atoms with Crippen LogP contribution in [0.5, 0.6) is 11.5 Å². The number of phenols is 1. The average Bonchev–Trinajstić information content (AvgIpc) is 4.19. The highest BCUT2D eigenvalue weighted by atomic mass is 79.9. The van der Waals surface area contributed by atoms with Gasteiger partial charge in [0.2, 0.25) is 11.9 Å². The topological polar surface area (TPSA) is 185 Å². The van der Waals surface area contributed by atoms with E-state index in [4.69, 9.17) is 43.0 Å². The van der Waals surface area contributed by atoms with Crippen LogP contribution in [0, 0.1) is 0 Å². The fourth-order valence-corrected chi connectivity index (χ4v) is 8.45. The molecule has 2 aliphatic rings. The minimum absolute atomic E-state index is 0. The van der Waals surface area contributed by atoms with E-state index in [1.54, 1.807) is 44.2 Å². The van der Waals surface area contributed by atoms with E-state index in [1.165, 1.54) is 0 Å². The normalized spacial score (nSPS) is 14.1. The van der Waals surface area contributed by atoms with Crippen LogP contribution in [0.15, 0.2) is 131 Å². The Bertz CT molecular complexity index is 3370. The van der Waals surface area contributed by atoms with Gasteiger partial charge >= 0.3 is 3.18 Å². The number of phenolic OH excluding ortho intramolecular Hbond substituents is 1. The van der Waals surface area contributed by atoms with Crippen molar-refractivity contribution in [2.75, 3.05) is 44.2 Å². The molecule has 0 atom stereocenters. The van der Waals surface area contributed by atoms with Crippen LogP contribution in [0.4, 0.5) is 11.9 Å². The predicted molar refractivity (Wildman–Crippen MR) is 286 cm³/mol. The van der Waals surface area contributed by atoms with E-state index in [9.17, 15) is 5.11 Å². The Morgan fingerprint density at radius 2 is 1.07 bits per heavy atom. The van der Waals surface area contributed by atoms with Crippen molar-refractivity contribution in [3.8, 4) is 45.9 Å². The van der Waals surface area contributed by atoms with Crippen molar-refractivity contribution in [1.29, 1.82) is 0 Å². The summed E-state index contributed by atoms with van der Waals surface area (Å²) in [5.74, 6) is 5.07. The number of ether oxygens (including phenoxy) is 3. The maximum Gasteiger partial charge on any atom is 0.369 e. The first-order chi connectivity index (χ1) is 33.8. The van der Waals surface area contributed by atoms with Crippen LogP contribution in [-0.4, -0.2) is 93.0 Å². The van der Waals surface area contributed by atoms with Crippen LogP contribution in [-0.2, 0) is 9.47 Å². The minimum Gasteiger partial charge on any atom is -0.508 e. The van der Waals surface area contributed by atoms with Gasteiger partial charge in [-0.1, -0.05) is 7.43 Å². The molecule has 358 valence electrons. The molecular formula is C50H48BBr3N10O6. The first kappa shape index (κ1) is 48.7. The lowest BCUT2D eigenvalue weighted by Crippen LogP contribution is -2.28. The number of aromatic hydroxyl groups is 1. The SMILES string of the molecule is BrB(Br)Br.C.COc1ccc2c(c1)nc(-c1ccc3occc3c1)n2-c1ccnc(NC2CCOCC2)n1.Oc1ccc2c(c1)nc(-c1ccc3occc3c1)n2-c1ccnc(NC2CCOCC2)n1. The third kappa shape index (κ3) is 11.0. The van der Waals surface area contributed by atoms with Gasteiger partial charge < -0.3 is 38.8 Å². The van der Waals surface area contributed by atoms with Crippen molar-refractivity contribution < 1.29 is 28.2 Å². The molecule has 6 aromatic heterocycles. The van der Waals surface area contributed by atoms with Crippen molar-refractivity contribution in [2.45, 2.75) is 45.2 Å². The number of methoxy groups -OCH3 is 1. The summed E-state index contributed by atoms with van der Waals surface area (Å²) in [5, 5.41) is 18.9. The van der Waals surface area contributed by atoms with Gasteiger partial charge in [0.15, 0.2) is 0 Å². The van der Waals surface area contributed by atoms with Gasteiger partial charge in [0.25, 0.3) is 0 Å². The van der Waals surface area contributed by atoms with E-state index >= 15 is 0 Å². The summed E-state index contributed by atoms with van der Waals surface area (Å²) < 4.78 is 31.7. The lowest BCUT2D eigenvalue weighted by atomic mass is 10.1. The molecule has 4 aromatic carbocycles. The van der Waals surface area contributed by atoms with E-state index < -0.39 is 0 Å². The molecule has 0 amide bonds. The number of hydrogen-bond donors (Lipinski definition) is 3. The molecule has 12 rings (SSSR count). The molecule has 2 saturated heterocycles. The molecule has 2 fully saturated rings. The number of nitrogens with one attached hydrogen (secondary N) is 2. The van der Waals surface area contributed by atoms with Gasteiger partial charge in [-0.15, -0.1) is 47.3 Å². The summed E-state index contributed by atoms with van der Waals surface area (Å²) in [7, 11) is 1.66. The van der Waals surface area contributed by atoms with Crippen molar-refractivity contribution in [2.24, 2.45) is 0 Å². The van der Waals surface area contributed by atoms with Gasteiger partial charge in [-0.25, -0.2) is 19.9 Å². The molecule has 70 heavy (non-hydrogen) atoms. The maximum absolute atomic E-state index is 10.0. The Morgan fingerprint density at radius 3 is 1.56 bits per heavy atom. The highest BCUT2D eigenvalue weighted by molar-refractivity contribution is 9.69. The van der Waals surface area contributed by atoms with Gasteiger partial charge in [-0.05, 0) is 111 Å². The number of benzene rings is 4. The maximum atomic E-state index is 10.0. The summed E-state index contributed by atoms with van der Waals surface area (Å²) in [5.41, 5.74) is 6.85. The standard InChI is InChI=1S/C25H23N5O3.C24H21N5O3.CH4.BBr3/c1-31-19-3-4-21-20(15-19)28-24(17-2-5-22-16(14-17)7-13-33-22)30(21)23-6-10-26-25(29-23)27-18-8-11-32-12-9-18;30-18-2-3-20-19(14-18)27-23(16-1-4-21-15(13-16)6-12-32-21)29(20)22-5-9-25-24(28-22)26-17-7-10-31-11-8-17;;2-1(3)4/h2-7,10,13-15,18H,8-9,11-12H2,1H3,(H,26,27,29);1-6,9,12-14,17,30H,7-8,10-11H2,(H,25,26,28);1H4;. The molecule has 0 bridgehead atoms. The molecule has 0 spiro atoms. The van der Waals surface area contributed by atoms with E-state index in [2.05, 4.69) is 78.5 Å². The molecule has 3 N–H and O–H groups in total. The van der Waals surface area contributed by atoms with Gasteiger partial charge in [0.1, 0.15) is 45.9 Å². The number of aromatic nitrogens is 8. The molecule has 20 heteroatoms. The van der Waals surface area contributed by atoms with Gasteiger partial charge in [-0.2, -0.15) is 9.97 Å². The van der Waals surface area contributed by atoms with Crippen LogP contribution < -0.4 is 15.4 Å². The number of halogens is 3. The van der Waals surface area contributed by atoms with Gasteiger partial charge in [0, 0.05) is 84.9 Å². The summed E-state index contributed by atoms with van der Waals surface area (Å²) >= 11 is 9.31. The highest BCUT2D eigenvalue weighted by Gasteiger charge is 2.21. The van der Waals surface area contributed by atoms with Crippen molar-refractivity contribution in [3.05, 3.63) is 122 Å². The fourth-order valence-electron chi connectivity index (χ4n) is 8.45. The Labute approximate surface area is 428 Å². The summed E-state index contributed by atoms with van der Waals surface area (Å²) in [6.45, 7) is 3.00. The second-order valence-electron chi connectivity index (χ2n) is 16.2.